The lowest BCUT2D eigenvalue weighted by molar-refractivity contribution is 0.310. The number of thiophene rings is 1. The maximum atomic E-state index is 14.4. The van der Waals surface area contributed by atoms with Gasteiger partial charge in [-0.15, -0.1) is 21.5 Å². The van der Waals surface area contributed by atoms with Gasteiger partial charge in [-0.25, -0.2) is 9.55 Å². The fourth-order valence-corrected chi connectivity index (χ4v) is 6.43. The number of piperazine rings is 1. The van der Waals surface area contributed by atoms with E-state index in [1.165, 1.54) is 11.3 Å². The van der Waals surface area contributed by atoms with Crippen LogP contribution in [0, 0.1) is 0 Å². The zero-order chi connectivity index (χ0) is 27.9. The summed E-state index contributed by atoms with van der Waals surface area (Å²) in [7, 11) is 3.75. The molecule has 8 nitrogen and oxygen atoms in total. The molecule has 3 aromatic carbocycles. The summed E-state index contributed by atoms with van der Waals surface area (Å²) in [5, 5.41) is 10.2. The molecular weight excluding hydrogens is 532 g/mol. The molecule has 0 aliphatic carbocycles. The van der Waals surface area contributed by atoms with Crippen molar-refractivity contribution < 1.29 is 4.74 Å². The van der Waals surface area contributed by atoms with E-state index in [2.05, 4.69) is 34.1 Å². The highest BCUT2D eigenvalue weighted by Gasteiger charge is 2.26. The monoisotopic (exact) mass is 560 g/mol. The van der Waals surface area contributed by atoms with Gasteiger partial charge in [-0.3, -0.25) is 4.79 Å². The minimum absolute atomic E-state index is 0.114. The second kappa shape index (κ2) is 10.4. The molecule has 4 heterocycles. The quantitative estimate of drug-likeness (QED) is 0.276. The molecule has 0 bridgehead atoms. The van der Waals surface area contributed by atoms with Crippen LogP contribution in [0.1, 0.15) is 0 Å². The Morgan fingerprint density at radius 1 is 0.805 bits per heavy atom. The molecule has 0 unspecified atom stereocenters. The zero-order valence-electron chi connectivity index (χ0n) is 22.8. The van der Waals surface area contributed by atoms with Crippen LogP contribution in [0.5, 0.6) is 5.75 Å². The van der Waals surface area contributed by atoms with Gasteiger partial charge < -0.3 is 14.5 Å². The molecule has 0 spiro atoms. The summed E-state index contributed by atoms with van der Waals surface area (Å²) < 4.78 is 7.67. The van der Waals surface area contributed by atoms with Gasteiger partial charge in [-0.2, -0.15) is 0 Å². The third-order valence-electron chi connectivity index (χ3n) is 7.63. The molecule has 1 fully saturated rings. The van der Waals surface area contributed by atoms with Gasteiger partial charge in [-0.1, -0.05) is 60.7 Å². The molecule has 1 saturated heterocycles. The fourth-order valence-electron chi connectivity index (χ4n) is 5.43. The molecule has 7 rings (SSSR count). The van der Waals surface area contributed by atoms with Gasteiger partial charge in [0.25, 0.3) is 5.56 Å². The first kappa shape index (κ1) is 25.4. The number of ether oxygens (including phenoxy) is 1. The first-order valence-corrected chi connectivity index (χ1v) is 14.4. The Balaban J connectivity index is 1.56. The van der Waals surface area contributed by atoms with Crippen molar-refractivity contribution in [2.45, 2.75) is 0 Å². The summed E-state index contributed by atoms with van der Waals surface area (Å²) >= 11 is 1.35. The van der Waals surface area contributed by atoms with Crippen LogP contribution in [0.25, 0.3) is 48.5 Å². The topological polar surface area (TPSA) is 76.4 Å². The van der Waals surface area contributed by atoms with Gasteiger partial charge in [-0.05, 0) is 36.9 Å². The van der Waals surface area contributed by atoms with Gasteiger partial charge in [0.05, 0.1) is 12.8 Å². The Morgan fingerprint density at radius 3 is 2.12 bits per heavy atom. The summed E-state index contributed by atoms with van der Waals surface area (Å²) in [4.78, 5) is 24.9. The molecule has 3 aromatic heterocycles. The van der Waals surface area contributed by atoms with E-state index in [4.69, 9.17) is 14.8 Å². The van der Waals surface area contributed by atoms with Crippen molar-refractivity contribution in [1.82, 2.24) is 24.6 Å². The highest BCUT2D eigenvalue weighted by atomic mass is 32.1. The average Bonchev–Trinajstić information content (AvgIpc) is 3.41. The van der Waals surface area contributed by atoms with E-state index >= 15 is 0 Å². The van der Waals surface area contributed by atoms with Crippen molar-refractivity contribution in [3.63, 3.8) is 0 Å². The minimum Gasteiger partial charge on any atom is -0.497 e. The summed E-state index contributed by atoms with van der Waals surface area (Å²) in [6.07, 6.45) is 0. The summed E-state index contributed by atoms with van der Waals surface area (Å²) in [6, 6.07) is 27.8. The van der Waals surface area contributed by atoms with Gasteiger partial charge in [0.1, 0.15) is 26.5 Å². The molecular formula is C32H28N6O2S. The number of likely N-dealkylation sites (N-methyl/N-ethyl adjacent to an activating group) is 1. The normalized spacial score (nSPS) is 14.1. The van der Waals surface area contributed by atoms with Crippen molar-refractivity contribution in [2.24, 2.45) is 0 Å². The summed E-state index contributed by atoms with van der Waals surface area (Å²) in [6.45, 7) is 3.32. The third kappa shape index (κ3) is 4.43. The number of methoxy groups -OCH3 is 1. The zero-order valence-corrected chi connectivity index (χ0v) is 23.6. The Kier molecular flexibility index (Phi) is 6.45. The number of rotatable bonds is 5. The van der Waals surface area contributed by atoms with Crippen LogP contribution in [-0.2, 0) is 0 Å². The van der Waals surface area contributed by atoms with Crippen molar-refractivity contribution in [3.05, 3.63) is 95.3 Å². The highest BCUT2D eigenvalue weighted by Crippen LogP contribution is 2.42. The maximum absolute atomic E-state index is 14.4. The number of fused-ring (bicyclic) bond motifs is 3. The van der Waals surface area contributed by atoms with Crippen LogP contribution in [0.3, 0.4) is 0 Å². The fraction of sp³-hybridized carbons (Fsp3) is 0.188. The lowest BCUT2D eigenvalue weighted by Gasteiger charge is -2.34. The lowest BCUT2D eigenvalue weighted by atomic mass is 9.97. The highest BCUT2D eigenvalue weighted by molar-refractivity contribution is 7.25. The number of hydrogen-bond acceptors (Lipinski definition) is 8. The van der Waals surface area contributed by atoms with Crippen molar-refractivity contribution in [3.8, 4) is 33.8 Å². The molecule has 0 radical (unpaired) electrons. The molecule has 0 amide bonds. The Morgan fingerprint density at radius 2 is 1.46 bits per heavy atom. The number of benzene rings is 3. The number of aromatic nitrogens is 4. The van der Waals surface area contributed by atoms with E-state index in [0.717, 1.165) is 65.4 Å². The standard InChI is InChI=1S/C32H28N6O2S/c1-36-17-19-37(20-18-36)32-33-28-26-25(21-9-5-3-6-10-21)27(22-11-7-4-8-12-22)34-35-30(26)41-29(28)31(39)38(32)23-13-15-24(40-2)16-14-23/h3-16H,17-20H2,1-2H3. The van der Waals surface area contributed by atoms with Gasteiger partial charge in [0.15, 0.2) is 0 Å². The second-order valence-electron chi connectivity index (χ2n) is 10.2. The van der Waals surface area contributed by atoms with Crippen LogP contribution in [0.4, 0.5) is 5.95 Å². The predicted octanol–water partition coefficient (Wildman–Crippen LogP) is 5.48. The van der Waals surface area contributed by atoms with Gasteiger partial charge in [0.2, 0.25) is 5.95 Å². The average molecular weight is 561 g/mol. The SMILES string of the molecule is COc1ccc(-n2c(N3CCN(C)CC3)nc3c(sc4nnc(-c5ccccc5)c(-c5ccccc5)c43)c2=O)cc1. The van der Waals surface area contributed by atoms with Crippen LogP contribution in [0.2, 0.25) is 0 Å². The maximum Gasteiger partial charge on any atom is 0.277 e. The van der Waals surface area contributed by atoms with E-state index in [-0.39, 0.29) is 5.56 Å². The van der Waals surface area contributed by atoms with Gasteiger partial charge >= 0.3 is 0 Å². The van der Waals surface area contributed by atoms with Crippen LogP contribution < -0.4 is 15.2 Å². The van der Waals surface area contributed by atoms with Crippen LogP contribution in [0.15, 0.2) is 89.7 Å². The third-order valence-corrected chi connectivity index (χ3v) is 8.68. The second-order valence-corrected chi connectivity index (χ2v) is 11.2. The molecule has 0 saturated carbocycles. The van der Waals surface area contributed by atoms with Gasteiger partial charge in [0, 0.05) is 42.7 Å². The Labute approximate surface area is 241 Å². The Bertz CT molecular complexity index is 1910. The summed E-state index contributed by atoms with van der Waals surface area (Å²) in [5.74, 6) is 1.37. The smallest absolute Gasteiger partial charge is 0.277 e. The molecule has 204 valence electrons. The van der Waals surface area contributed by atoms with Crippen molar-refractivity contribution >= 4 is 37.7 Å². The lowest BCUT2D eigenvalue weighted by Crippen LogP contribution is -2.46. The Hall–Kier alpha value is -4.60. The molecule has 0 N–H and O–H groups in total. The van der Waals surface area contributed by atoms with E-state index in [9.17, 15) is 4.79 Å². The van der Waals surface area contributed by atoms with E-state index in [1.807, 2.05) is 72.8 Å². The molecule has 1 aliphatic heterocycles. The largest absolute Gasteiger partial charge is 0.497 e. The van der Waals surface area contributed by atoms with E-state index in [0.29, 0.717) is 21.0 Å². The number of anilines is 1. The van der Waals surface area contributed by atoms with Crippen LogP contribution in [-0.4, -0.2) is 65.0 Å². The molecule has 6 aromatic rings. The molecule has 41 heavy (non-hydrogen) atoms. The summed E-state index contributed by atoms with van der Waals surface area (Å²) in [5.41, 5.74) is 4.98. The number of nitrogens with zero attached hydrogens (tertiary/aromatic N) is 6. The minimum atomic E-state index is -0.114. The first-order chi connectivity index (χ1) is 20.1. The van der Waals surface area contributed by atoms with E-state index in [1.54, 1.807) is 11.7 Å². The van der Waals surface area contributed by atoms with Crippen LogP contribution >= 0.6 is 11.3 Å². The predicted molar refractivity (Wildman–Crippen MR) is 165 cm³/mol. The first-order valence-electron chi connectivity index (χ1n) is 13.6. The molecule has 1 aliphatic rings. The molecule has 0 atom stereocenters. The number of hydrogen-bond donors (Lipinski definition) is 0. The molecule has 9 heteroatoms. The van der Waals surface area contributed by atoms with Crippen molar-refractivity contribution in [2.75, 3.05) is 45.2 Å². The van der Waals surface area contributed by atoms with E-state index < -0.39 is 0 Å². The van der Waals surface area contributed by atoms with Crippen molar-refractivity contribution in [1.29, 1.82) is 0 Å².